The van der Waals surface area contributed by atoms with Crippen LogP contribution in [0.3, 0.4) is 0 Å². The first-order chi connectivity index (χ1) is 13.3. The molecule has 2 aromatic rings. The Morgan fingerprint density at radius 2 is 1.89 bits per heavy atom. The largest absolute Gasteiger partial charge is 0.489 e. The summed E-state index contributed by atoms with van der Waals surface area (Å²) < 4.78 is 32.1. The van der Waals surface area contributed by atoms with E-state index in [1.54, 1.807) is 30.3 Å². The molecule has 1 aliphatic heterocycles. The van der Waals surface area contributed by atoms with Crippen LogP contribution in [0.4, 0.5) is 11.4 Å². The molecule has 0 saturated carbocycles. The Morgan fingerprint density at radius 1 is 1.14 bits per heavy atom. The van der Waals surface area contributed by atoms with Crippen LogP contribution in [0, 0.1) is 6.92 Å². The Morgan fingerprint density at radius 3 is 2.61 bits per heavy atom. The minimum Gasteiger partial charge on any atom is -0.489 e. The normalized spacial score (nSPS) is 16.1. The molecule has 6 nitrogen and oxygen atoms in total. The summed E-state index contributed by atoms with van der Waals surface area (Å²) in [6, 6.07) is 12.4. The van der Waals surface area contributed by atoms with Gasteiger partial charge in [0, 0.05) is 12.1 Å². The molecule has 1 amide bonds. The van der Waals surface area contributed by atoms with Crippen LogP contribution in [0.15, 0.2) is 42.5 Å². The van der Waals surface area contributed by atoms with E-state index in [9.17, 15) is 13.2 Å². The van der Waals surface area contributed by atoms with Gasteiger partial charge >= 0.3 is 0 Å². The first-order valence-electron chi connectivity index (χ1n) is 9.46. The fourth-order valence-electron chi connectivity index (χ4n) is 3.20. The number of nitrogens with zero attached hydrogens (tertiary/aromatic N) is 1. The molecule has 0 spiro atoms. The van der Waals surface area contributed by atoms with Gasteiger partial charge < -0.3 is 10.1 Å². The number of anilines is 2. The third kappa shape index (κ3) is 4.47. The van der Waals surface area contributed by atoms with Crippen molar-refractivity contribution >= 4 is 27.3 Å². The number of ether oxygens (including phenoxy) is 1. The third-order valence-corrected chi connectivity index (χ3v) is 6.44. The number of nitrogens with one attached hydrogen (secondary N) is 1. The number of carbonyl (C=O) groups is 1. The van der Waals surface area contributed by atoms with Crippen LogP contribution in [0.2, 0.25) is 0 Å². The SMILES string of the molecule is Cc1ccc(C(=O)Nc2ccccc2OC(C)C)cc1N1CCCCS1(=O)=O. The van der Waals surface area contributed by atoms with E-state index in [1.807, 2.05) is 32.9 Å². The van der Waals surface area contributed by atoms with Gasteiger partial charge in [-0.3, -0.25) is 9.10 Å². The molecule has 2 aromatic carbocycles. The maximum Gasteiger partial charge on any atom is 0.255 e. The first kappa shape index (κ1) is 20.2. The fourth-order valence-corrected chi connectivity index (χ4v) is 4.89. The maximum atomic E-state index is 12.8. The predicted molar refractivity (Wildman–Crippen MR) is 112 cm³/mol. The second kappa shape index (κ2) is 8.22. The number of amides is 1. The van der Waals surface area contributed by atoms with Crippen molar-refractivity contribution in [2.24, 2.45) is 0 Å². The van der Waals surface area contributed by atoms with E-state index in [2.05, 4.69) is 5.32 Å². The zero-order chi connectivity index (χ0) is 20.3. The minimum atomic E-state index is -3.34. The molecule has 0 bridgehead atoms. The second-order valence-corrected chi connectivity index (χ2v) is 9.23. The maximum absolute atomic E-state index is 12.8. The van der Waals surface area contributed by atoms with Crippen LogP contribution in [-0.2, 0) is 10.0 Å². The molecule has 1 fully saturated rings. The van der Waals surface area contributed by atoms with Gasteiger partial charge in [-0.15, -0.1) is 0 Å². The number of hydrogen-bond acceptors (Lipinski definition) is 4. The van der Waals surface area contributed by atoms with Crippen LogP contribution in [0.1, 0.15) is 42.6 Å². The molecule has 0 unspecified atom stereocenters. The molecular formula is C21H26N2O4S. The highest BCUT2D eigenvalue weighted by Gasteiger charge is 2.27. The topological polar surface area (TPSA) is 75.7 Å². The van der Waals surface area contributed by atoms with Crippen molar-refractivity contribution in [1.29, 1.82) is 0 Å². The van der Waals surface area contributed by atoms with Gasteiger partial charge in [0.15, 0.2) is 0 Å². The molecule has 0 atom stereocenters. The monoisotopic (exact) mass is 402 g/mol. The van der Waals surface area contributed by atoms with Crippen molar-refractivity contribution in [1.82, 2.24) is 0 Å². The van der Waals surface area contributed by atoms with Gasteiger partial charge in [-0.1, -0.05) is 18.2 Å². The summed E-state index contributed by atoms with van der Waals surface area (Å²) in [5, 5.41) is 2.87. The van der Waals surface area contributed by atoms with Crippen molar-refractivity contribution in [2.45, 2.75) is 39.7 Å². The van der Waals surface area contributed by atoms with E-state index in [4.69, 9.17) is 4.74 Å². The van der Waals surface area contributed by atoms with Gasteiger partial charge in [0.2, 0.25) is 10.0 Å². The third-order valence-electron chi connectivity index (χ3n) is 4.59. The highest BCUT2D eigenvalue weighted by atomic mass is 32.2. The number of sulfonamides is 1. The van der Waals surface area contributed by atoms with Crippen molar-refractivity contribution in [3.63, 3.8) is 0 Å². The Balaban J connectivity index is 1.88. The molecule has 0 aliphatic carbocycles. The lowest BCUT2D eigenvalue weighted by molar-refractivity contribution is 0.102. The summed E-state index contributed by atoms with van der Waals surface area (Å²) in [6.07, 6.45) is 1.47. The van der Waals surface area contributed by atoms with Gasteiger partial charge in [-0.2, -0.15) is 0 Å². The summed E-state index contributed by atoms with van der Waals surface area (Å²) in [5.41, 5.74) is 2.37. The van der Waals surface area contributed by atoms with Crippen LogP contribution < -0.4 is 14.4 Å². The Labute approximate surface area is 166 Å². The molecule has 1 heterocycles. The number of rotatable bonds is 5. The standard InChI is InChI=1S/C21H26N2O4S/c1-15(2)27-20-9-5-4-8-18(20)22-21(24)17-11-10-16(3)19(14-17)23-12-6-7-13-28(23,25)26/h4-5,8-11,14-15H,6-7,12-13H2,1-3H3,(H,22,24). The van der Waals surface area contributed by atoms with Crippen LogP contribution in [0.5, 0.6) is 5.75 Å². The molecule has 3 rings (SSSR count). The van der Waals surface area contributed by atoms with E-state index in [0.29, 0.717) is 35.7 Å². The molecule has 1 N–H and O–H groups in total. The van der Waals surface area contributed by atoms with Crippen LogP contribution in [-0.4, -0.2) is 32.7 Å². The highest BCUT2D eigenvalue weighted by molar-refractivity contribution is 7.92. The number of aryl methyl sites for hydroxylation is 1. The molecule has 1 aliphatic rings. The second-order valence-electron chi connectivity index (χ2n) is 7.21. The lowest BCUT2D eigenvalue weighted by Crippen LogP contribution is -2.38. The van der Waals surface area contributed by atoms with Crippen molar-refractivity contribution in [3.8, 4) is 5.75 Å². The van der Waals surface area contributed by atoms with E-state index >= 15 is 0 Å². The summed E-state index contributed by atoms with van der Waals surface area (Å²) in [6.45, 7) is 6.14. The average Bonchev–Trinajstić information content (AvgIpc) is 2.63. The number of carbonyl (C=O) groups excluding carboxylic acids is 1. The molecule has 0 aromatic heterocycles. The number of para-hydroxylation sites is 2. The van der Waals surface area contributed by atoms with Crippen molar-refractivity contribution in [2.75, 3.05) is 21.9 Å². The van der Waals surface area contributed by atoms with Gasteiger partial charge in [-0.05, 0) is 63.4 Å². The Kier molecular flexibility index (Phi) is 5.93. The van der Waals surface area contributed by atoms with Gasteiger partial charge in [0.05, 0.1) is 23.2 Å². The van der Waals surface area contributed by atoms with E-state index in [-0.39, 0.29) is 17.8 Å². The molecule has 1 saturated heterocycles. The minimum absolute atomic E-state index is 0.0201. The lowest BCUT2D eigenvalue weighted by atomic mass is 10.1. The zero-order valence-corrected chi connectivity index (χ0v) is 17.3. The smallest absolute Gasteiger partial charge is 0.255 e. The predicted octanol–water partition coefficient (Wildman–Crippen LogP) is 3.96. The summed E-state index contributed by atoms with van der Waals surface area (Å²) >= 11 is 0. The Bertz CT molecular complexity index is 970. The average molecular weight is 403 g/mol. The zero-order valence-electron chi connectivity index (χ0n) is 16.4. The van der Waals surface area contributed by atoms with Crippen molar-refractivity contribution < 1.29 is 17.9 Å². The summed E-state index contributed by atoms with van der Waals surface area (Å²) in [7, 11) is -3.34. The van der Waals surface area contributed by atoms with E-state index in [1.165, 1.54) is 4.31 Å². The molecule has 7 heteroatoms. The fraction of sp³-hybridized carbons (Fsp3) is 0.381. The Hall–Kier alpha value is -2.54. The summed E-state index contributed by atoms with van der Waals surface area (Å²) in [5.74, 6) is 0.426. The van der Waals surface area contributed by atoms with Crippen LogP contribution >= 0.6 is 0 Å². The van der Waals surface area contributed by atoms with Crippen molar-refractivity contribution in [3.05, 3.63) is 53.6 Å². The number of hydrogen-bond donors (Lipinski definition) is 1. The first-order valence-corrected chi connectivity index (χ1v) is 11.1. The van der Waals surface area contributed by atoms with Crippen LogP contribution in [0.25, 0.3) is 0 Å². The molecule has 150 valence electrons. The molecular weight excluding hydrogens is 376 g/mol. The van der Waals surface area contributed by atoms with Gasteiger partial charge in [0.25, 0.3) is 5.91 Å². The highest BCUT2D eigenvalue weighted by Crippen LogP contribution is 2.29. The van der Waals surface area contributed by atoms with Gasteiger partial charge in [-0.25, -0.2) is 8.42 Å². The van der Waals surface area contributed by atoms with E-state index in [0.717, 1.165) is 12.0 Å². The van der Waals surface area contributed by atoms with E-state index < -0.39 is 10.0 Å². The van der Waals surface area contributed by atoms with Gasteiger partial charge in [0.1, 0.15) is 5.75 Å². The number of benzene rings is 2. The lowest BCUT2D eigenvalue weighted by Gasteiger charge is -2.29. The molecule has 0 radical (unpaired) electrons. The molecule has 28 heavy (non-hydrogen) atoms. The summed E-state index contributed by atoms with van der Waals surface area (Å²) in [4.78, 5) is 12.8. The quantitative estimate of drug-likeness (QED) is 0.821.